The Hall–Kier alpha value is -2.82. The second-order valence-corrected chi connectivity index (χ2v) is 8.33. The molecule has 2 atom stereocenters. The number of ether oxygens (including phenoxy) is 1. The van der Waals surface area contributed by atoms with Crippen LogP contribution in [-0.2, 0) is 11.3 Å². The number of piperidine rings is 1. The molecule has 0 unspecified atom stereocenters. The van der Waals surface area contributed by atoms with E-state index in [0.717, 1.165) is 24.9 Å². The van der Waals surface area contributed by atoms with E-state index < -0.39 is 0 Å². The highest BCUT2D eigenvalue weighted by molar-refractivity contribution is 5.94. The summed E-state index contributed by atoms with van der Waals surface area (Å²) in [4.78, 5) is 27.3. The van der Waals surface area contributed by atoms with Crippen molar-refractivity contribution in [1.29, 1.82) is 0 Å². The van der Waals surface area contributed by atoms with E-state index in [-0.39, 0.29) is 18.4 Å². The first-order valence-corrected chi connectivity index (χ1v) is 11.0. The van der Waals surface area contributed by atoms with Gasteiger partial charge in [0, 0.05) is 24.7 Å². The van der Waals surface area contributed by atoms with Crippen LogP contribution in [0.4, 0.5) is 0 Å². The molecule has 0 aromatic heterocycles. The maximum atomic E-state index is 12.8. The first kappa shape index (κ1) is 20.5. The van der Waals surface area contributed by atoms with Gasteiger partial charge >= 0.3 is 0 Å². The molecule has 2 fully saturated rings. The lowest BCUT2D eigenvalue weighted by Crippen LogP contribution is -2.51. The maximum absolute atomic E-state index is 12.8. The summed E-state index contributed by atoms with van der Waals surface area (Å²) in [6.07, 6.45) is 7.20. The predicted octanol–water partition coefficient (Wildman–Crippen LogP) is 4.18. The Kier molecular flexibility index (Phi) is 6.67. The topological polar surface area (TPSA) is 58.6 Å². The van der Waals surface area contributed by atoms with Gasteiger partial charge in [-0.25, -0.2) is 0 Å². The minimum absolute atomic E-state index is 0.0261. The van der Waals surface area contributed by atoms with Crippen LogP contribution in [-0.4, -0.2) is 35.9 Å². The molecule has 2 aromatic rings. The standard InChI is InChI=1S/C25H30N2O3/c28-24(27-15-7-12-20-10-4-5-14-23(20)27)18-30-22-13-6-11-21(16-22)25(29)26-17-19-8-2-1-3-9-19/h1-3,6,8-9,11,13,16,20,23H,4-5,7,10,12,14-15,17-18H2,(H,26,29)/t20-,23+/m1/s1. The van der Waals surface area contributed by atoms with Crippen molar-refractivity contribution in [2.24, 2.45) is 5.92 Å². The predicted molar refractivity (Wildman–Crippen MR) is 116 cm³/mol. The van der Waals surface area contributed by atoms with E-state index in [1.807, 2.05) is 35.2 Å². The molecule has 1 aliphatic heterocycles. The summed E-state index contributed by atoms with van der Waals surface area (Å²) in [7, 11) is 0. The molecule has 1 saturated carbocycles. The lowest BCUT2D eigenvalue weighted by atomic mass is 9.78. The van der Waals surface area contributed by atoms with Gasteiger partial charge in [-0.3, -0.25) is 9.59 Å². The molecular formula is C25H30N2O3. The smallest absolute Gasteiger partial charge is 0.260 e. The molecule has 1 aliphatic carbocycles. The summed E-state index contributed by atoms with van der Waals surface area (Å²) >= 11 is 0. The van der Waals surface area contributed by atoms with E-state index in [1.165, 1.54) is 25.7 Å². The number of carbonyl (C=O) groups is 2. The van der Waals surface area contributed by atoms with Crippen molar-refractivity contribution in [3.8, 4) is 5.75 Å². The van der Waals surface area contributed by atoms with Gasteiger partial charge in [0.2, 0.25) is 0 Å². The van der Waals surface area contributed by atoms with Crippen LogP contribution in [0.5, 0.6) is 5.75 Å². The normalized spacial score (nSPS) is 20.9. The van der Waals surface area contributed by atoms with Crippen molar-refractivity contribution >= 4 is 11.8 Å². The summed E-state index contributed by atoms with van der Waals surface area (Å²) in [6.45, 7) is 1.34. The van der Waals surface area contributed by atoms with Gasteiger partial charge in [-0.05, 0) is 55.4 Å². The number of hydrogen-bond acceptors (Lipinski definition) is 3. The van der Waals surface area contributed by atoms with Crippen LogP contribution in [0, 0.1) is 5.92 Å². The molecule has 0 radical (unpaired) electrons. The van der Waals surface area contributed by atoms with E-state index >= 15 is 0 Å². The Bertz CT molecular complexity index is 866. The third-order valence-corrected chi connectivity index (χ3v) is 6.32. The monoisotopic (exact) mass is 406 g/mol. The van der Waals surface area contributed by atoms with Gasteiger partial charge in [0.05, 0.1) is 0 Å². The van der Waals surface area contributed by atoms with E-state index in [0.29, 0.717) is 29.8 Å². The molecule has 30 heavy (non-hydrogen) atoms. The number of amides is 2. The molecular weight excluding hydrogens is 376 g/mol. The molecule has 1 heterocycles. The SMILES string of the molecule is O=C(NCc1ccccc1)c1cccc(OCC(=O)N2CCC[C@H]3CCCC[C@@H]32)c1. The molecule has 5 heteroatoms. The van der Waals surface area contributed by atoms with Gasteiger partial charge in [0.1, 0.15) is 5.75 Å². The largest absolute Gasteiger partial charge is 0.484 e. The van der Waals surface area contributed by atoms with Crippen molar-refractivity contribution in [3.05, 3.63) is 65.7 Å². The Labute approximate surface area is 178 Å². The van der Waals surface area contributed by atoms with E-state index in [1.54, 1.807) is 24.3 Å². The molecule has 1 saturated heterocycles. The zero-order valence-corrected chi connectivity index (χ0v) is 17.4. The zero-order chi connectivity index (χ0) is 20.8. The minimum Gasteiger partial charge on any atom is -0.484 e. The molecule has 158 valence electrons. The summed E-state index contributed by atoms with van der Waals surface area (Å²) in [5, 5.41) is 2.92. The maximum Gasteiger partial charge on any atom is 0.260 e. The number of rotatable bonds is 6. The highest BCUT2D eigenvalue weighted by Gasteiger charge is 2.35. The highest BCUT2D eigenvalue weighted by Crippen LogP contribution is 2.35. The number of benzene rings is 2. The van der Waals surface area contributed by atoms with Crippen molar-refractivity contribution in [2.75, 3.05) is 13.2 Å². The number of fused-ring (bicyclic) bond motifs is 1. The Morgan fingerprint density at radius 2 is 1.77 bits per heavy atom. The number of carbonyl (C=O) groups excluding carboxylic acids is 2. The fraction of sp³-hybridized carbons (Fsp3) is 0.440. The summed E-state index contributed by atoms with van der Waals surface area (Å²) in [6, 6.07) is 17.2. The molecule has 5 nitrogen and oxygen atoms in total. The van der Waals surface area contributed by atoms with Gasteiger partial charge in [-0.2, -0.15) is 0 Å². The van der Waals surface area contributed by atoms with Crippen molar-refractivity contribution in [2.45, 2.75) is 51.1 Å². The lowest BCUT2D eigenvalue weighted by molar-refractivity contribution is -0.139. The van der Waals surface area contributed by atoms with Crippen molar-refractivity contribution < 1.29 is 14.3 Å². The zero-order valence-electron chi connectivity index (χ0n) is 17.4. The number of nitrogens with one attached hydrogen (secondary N) is 1. The van der Waals surface area contributed by atoms with Gasteiger partial charge in [0.15, 0.2) is 6.61 Å². The van der Waals surface area contributed by atoms with Crippen LogP contribution in [0.1, 0.15) is 54.4 Å². The molecule has 1 N–H and O–H groups in total. The van der Waals surface area contributed by atoms with Crippen LogP contribution >= 0.6 is 0 Å². The summed E-state index contributed by atoms with van der Waals surface area (Å²) in [5.74, 6) is 1.11. The molecule has 0 bridgehead atoms. The summed E-state index contributed by atoms with van der Waals surface area (Å²) in [5.41, 5.74) is 1.58. The Balaban J connectivity index is 1.31. The second-order valence-electron chi connectivity index (χ2n) is 8.33. The molecule has 2 aromatic carbocycles. The first-order valence-electron chi connectivity index (χ1n) is 11.0. The number of nitrogens with zero attached hydrogens (tertiary/aromatic N) is 1. The van der Waals surface area contributed by atoms with Gasteiger partial charge < -0.3 is 15.0 Å². The van der Waals surface area contributed by atoms with Crippen LogP contribution < -0.4 is 10.1 Å². The number of hydrogen-bond donors (Lipinski definition) is 1. The van der Waals surface area contributed by atoms with Crippen LogP contribution in [0.2, 0.25) is 0 Å². The quantitative estimate of drug-likeness (QED) is 0.783. The van der Waals surface area contributed by atoms with Gasteiger partial charge in [-0.1, -0.05) is 49.2 Å². The molecule has 2 amide bonds. The average molecular weight is 407 g/mol. The number of likely N-dealkylation sites (tertiary alicyclic amines) is 1. The summed E-state index contributed by atoms with van der Waals surface area (Å²) < 4.78 is 5.78. The van der Waals surface area contributed by atoms with Crippen molar-refractivity contribution in [3.63, 3.8) is 0 Å². The second kappa shape index (κ2) is 9.79. The minimum atomic E-state index is -0.156. The van der Waals surface area contributed by atoms with E-state index in [2.05, 4.69) is 5.32 Å². The molecule has 0 spiro atoms. The lowest BCUT2D eigenvalue weighted by Gasteiger charge is -2.44. The van der Waals surface area contributed by atoms with E-state index in [9.17, 15) is 9.59 Å². The fourth-order valence-electron chi connectivity index (χ4n) is 4.77. The average Bonchev–Trinajstić information content (AvgIpc) is 2.81. The van der Waals surface area contributed by atoms with Gasteiger partial charge in [-0.15, -0.1) is 0 Å². The van der Waals surface area contributed by atoms with Crippen molar-refractivity contribution in [1.82, 2.24) is 10.2 Å². The van der Waals surface area contributed by atoms with Gasteiger partial charge in [0.25, 0.3) is 11.8 Å². The Morgan fingerprint density at radius 3 is 2.63 bits per heavy atom. The molecule has 4 rings (SSSR count). The Morgan fingerprint density at radius 1 is 0.967 bits per heavy atom. The van der Waals surface area contributed by atoms with Crippen LogP contribution in [0.3, 0.4) is 0 Å². The molecule has 2 aliphatic rings. The fourth-order valence-corrected chi connectivity index (χ4v) is 4.77. The van der Waals surface area contributed by atoms with Crippen LogP contribution in [0.25, 0.3) is 0 Å². The first-order chi connectivity index (χ1) is 14.7. The highest BCUT2D eigenvalue weighted by atomic mass is 16.5. The third-order valence-electron chi connectivity index (χ3n) is 6.32. The van der Waals surface area contributed by atoms with Crippen LogP contribution in [0.15, 0.2) is 54.6 Å². The van der Waals surface area contributed by atoms with E-state index in [4.69, 9.17) is 4.74 Å². The third kappa shape index (κ3) is 5.02.